The fraction of sp³-hybridized carbons (Fsp3) is 0.346. The second-order valence-electron chi connectivity index (χ2n) is 9.50. The Kier molecular flexibility index (Phi) is 6.65. The van der Waals surface area contributed by atoms with E-state index in [1.54, 1.807) is 32.2 Å². The minimum Gasteiger partial charge on any atom is -0.385 e. The van der Waals surface area contributed by atoms with Crippen LogP contribution in [0.5, 0.6) is 0 Å². The molecular weight excluding hydrogens is 539 g/mol. The minimum atomic E-state index is -4.49. The zero-order valence-corrected chi connectivity index (χ0v) is 22.4. The summed E-state index contributed by atoms with van der Waals surface area (Å²) in [5.41, 5.74) is 3.10. The van der Waals surface area contributed by atoms with Gasteiger partial charge in [0.1, 0.15) is 11.1 Å². The summed E-state index contributed by atoms with van der Waals surface area (Å²) in [5, 5.41) is 9.00. The molecule has 1 N–H and O–H groups in total. The van der Waals surface area contributed by atoms with Crippen molar-refractivity contribution in [1.29, 1.82) is 0 Å². The minimum absolute atomic E-state index is 0.0128. The maximum Gasteiger partial charge on any atom is 0.443 e. The number of nitrogens with zero attached hydrogens (tertiary/aromatic N) is 5. The van der Waals surface area contributed by atoms with Gasteiger partial charge in [0.15, 0.2) is 10.8 Å². The van der Waals surface area contributed by atoms with E-state index in [-0.39, 0.29) is 28.6 Å². The molecule has 12 heteroatoms. The van der Waals surface area contributed by atoms with Gasteiger partial charge in [-0.25, -0.2) is 15.0 Å². The van der Waals surface area contributed by atoms with Gasteiger partial charge in [-0.05, 0) is 61.9 Å². The first-order valence-electron chi connectivity index (χ1n) is 11.8. The number of hydrogen-bond acceptors (Lipinski definition) is 7. The van der Waals surface area contributed by atoms with Crippen molar-refractivity contribution in [2.24, 2.45) is 5.92 Å². The van der Waals surface area contributed by atoms with E-state index < -0.39 is 22.8 Å². The highest BCUT2D eigenvalue weighted by atomic mass is 35.5. The molecule has 4 aromatic rings. The maximum absolute atomic E-state index is 13.6. The van der Waals surface area contributed by atoms with Crippen LogP contribution in [0.3, 0.4) is 0 Å². The van der Waals surface area contributed by atoms with Gasteiger partial charge in [0, 0.05) is 35.1 Å². The molecule has 0 radical (unpaired) electrons. The van der Waals surface area contributed by atoms with Crippen molar-refractivity contribution in [2.45, 2.75) is 51.8 Å². The van der Waals surface area contributed by atoms with Crippen LogP contribution in [0.15, 0.2) is 41.6 Å². The Bertz CT molecular complexity index is 1600. The number of hydrogen-bond donors (Lipinski definition) is 1. The number of thiazole rings is 1. The fourth-order valence-electron chi connectivity index (χ4n) is 4.84. The Morgan fingerprint density at radius 1 is 1.11 bits per heavy atom. The standard InChI is InChI=1S/C26H23ClF3N5O2S/c1-11-9-32-17(16-5-6-31-23(34-16)14(4)36)8-18(11)35-12(2)7-15(22(27)24(35)37)20-13(3)21(20)19-10-33-25(38-19)26(28,29)30/h5-10,13-14,20-21,36H,1-4H3. The molecule has 1 saturated carbocycles. The number of aliphatic hydroxyl groups is 1. The van der Waals surface area contributed by atoms with Crippen LogP contribution in [0, 0.1) is 19.8 Å². The first kappa shape index (κ1) is 26.5. The molecule has 0 aliphatic heterocycles. The highest BCUT2D eigenvalue weighted by molar-refractivity contribution is 7.11. The third-order valence-corrected chi connectivity index (χ3v) is 8.34. The Balaban J connectivity index is 1.53. The highest BCUT2D eigenvalue weighted by Crippen LogP contribution is 2.62. The topological polar surface area (TPSA) is 93.8 Å². The smallest absolute Gasteiger partial charge is 0.385 e. The van der Waals surface area contributed by atoms with Gasteiger partial charge in [-0.3, -0.25) is 14.3 Å². The largest absolute Gasteiger partial charge is 0.443 e. The Hall–Kier alpha value is -3.15. The summed E-state index contributed by atoms with van der Waals surface area (Å²) in [5.74, 6) is -0.104. The Morgan fingerprint density at radius 3 is 2.50 bits per heavy atom. The number of rotatable bonds is 5. The molecule has 0 spiro atoms. The van der Waals surface area contributed by atoms with Crippen molar-refractivity contribution >= 4 is 22.9 Å². The first-order valence-corrected chi connectivity index (χ1v) is 13.0. The molecule has 4 aromatic heterocycles. The van der Waals surface area contributed by atoms with Crippen LogP contribution in [0.2, 0.25) is 5.02 Å². The summed E-state index contributed by atoms with van der Waals surface area (Å²) in [4.78, 5) is 30.5. The van der Waals surface area contributed by atoms with Gasteiger partial charge in [-0.15, -0.1) is 11.3 Å². The van der Waals surface area contributed by atoms with E-state index in [0.717, 1.165) is 5.56 Å². The molecule has 4 heterocycles. The van der Waals surface area contributed by atoms with Gasteiger partial charge < -0.3 is 5.11 Å². The predicted molar refractivity (Wildman–Crippen MR) is 138 cm³/mol. The average Bonchev–Trinajstić information content (AvgIpc) is 3.26. The molecule has 198 valence electrons. The van der Waals surface area contributed by atoms with Crippen molar-refractivity contribution in [3.8, 4) is 17.1 Å². The highest BCUT2D eigenvalue weighted by Gasteiger charge is 2.51. The molecule has 0 aromatic carbocycles. The van der Waals surface area contributed by atoms with E-state index in [0.29, 0.717) is 44.5 Å². The molecule has 0 amide bonds. The number of aliphatic hydroxyl groups excluding tert-OH is 1. The lowest BCUT2D eigenvalue weighted by Crippen LogP contribution is -2.23. The van der Waals surface area contributed by atoms with Crippen molar-refractivity contribution in [1.82, 2.24) is 24.5 Å². The van der Waals surface area contributed by atoms with Crippen LogP contribution in [0.25, 0.3) is 17.1 Å². The SMILES string of the molecule is Cc1cnc(-c2ccnc(C(C)O)n2)cc1-n1c(C)cc(C2C(C)C2c2cnc(C(F)(F)F)s2)c(Cl)c1=O. The average molecular weight is 562 g/mol. The summed E-state index contributed by atoms with van der Waals surface area (Å²) in [6.45, 7) is 7.10. The summed E-state index contributed by atoms with van der Waals surface area (Å²) in [6, 6.07) is 5.22. The van der Waals surface area contributed by atoms with Crippen LogP contribution in [-0.2, 0) is 6.18 Å². The van der Waals surface area contributed by atoms with Gasteiger partial charge in [0.05, 0.1) is 17.1 Å². The molecule has 7 nitrogen and oxygen atoms in total. The molecule has 1 aliphatic carbocycles. The van der Waals surface area contributed by atoms with Crippen LogP contribution >= 0.6 is 22.9 Å². The van der Waals surface area contributed by atoms with Gasteiger partial charge in [0.2, 0.25) is 0 Å². The molecule has 4 unspecified atom stereocenters. The molecule has 0 bridgehead atoms. The number of alkyl halides is 3. The monoisotopic (exact) mass is 561 g/mol. The normalized spacial score (nSPS) is 20.0. The van der Waals surface area contributed by atoms with Gasteiger partial charge in [-0.1, -0.05) is 18.5 Å². The van der Waals surface area contributed by atoms with Gasteiger partial charge in [0.25, 0.3) is 5.56 Å². The summed E-state index contributed by atoms with van der Waals surface area (Å²) >= 11 is 7.26. The molecule has 1 aliphatic rings. The summed E-state index contributed by atoms with van der Waals surface area (Å²) < 4.78 is 40.7. The molecule has 0 saturated heterocycles. The van der Waals surface area contributed by atoms with E-state index in [4.69, 9.17) is 11.6 Å². The second kappa shape index (κ2) is 9.55. The van der Waals surface area contributed by atoms with Crippen LogP contribution in [-0.4, -0.2) is 29.6 Å². The second-order valence-corrected chi connectivity index (χ2v) is 10.9. The van der Waals surface area contributed by atoms with Crippen molar-refractivity contribution in [2.75, 3.05) is 0 Å². The molecule has 4 atom stereocenters. The number of pyridine rings is 2. The molecule has 38 heavy (non-hydrogen) atoms. The van der Waals surface area contributed by atoms with Gasteiger partial charge >= 0.3 is 6.18 Å². The Labute approximate surface area is 225 Å². The van der Waals surface area contributed by atoms with Crippen molar-refractivity contribution < 1.29 is 18.3 Å². The Morgan fingerprint density at radius 2 is 1.84 bits per heavy atom. The van der Waals surface area contributed by atoms with Crippen molar-refractivity contribution in [3.63, 3.8) is 0 Å². The zero-order chi connectivity index (χ0) is 27.5. The zero-order valence-electron chi connectivity index (χ0n) is 20.8. The van der Waals surface area contributed by atoms with E-state index in [2.05, 4.69) is 19.9 Å². The molecule has 1 fully saturated rings. The quantitative estimate of drug-likeness (QED) is 0.321. The number of aryl methyl sites for hydroxylation is 2. The van der Waals surface area contributed by atoms with E-state index in [9.17, 15) is 23.1 Å². The maximum atomic E-state index is 13.6. The molecule has 5 rings (SSSR count). The van der Waals surface area contributed by atoms with E-state index in [1.807, 2.05) is 19.9 Å². The fourth-order valence-corrected chi connectivity index (χ4v) is 6.15. The van der Waals surface area contributed by atoms with E-state index >= 15 is 0 Å². The van der Waals surface area contributed by atoms with Crippen LogP contribution in [0.4, 0.5) is 13.2 Å². The first-order chi connectivity index (χ1) is 17.9. The third kappa shape index (κ3) is 4.63. The van der Waals surface area contributed by atoms with Crippen LogP contribution in [0.1, 0.15) is 64.3 Å². The van der Waals surface area contributed by atoms with Crippen molar-refractivity contribution in [3.05, 3.63) is 84.7 Å². The summed E-state index contributed by atoms with van der Waals surface area (Å²) in [7, 11) is 0. The lowest BCUT2D eigenvalue weighted by Gasteiger charge is -2.16. The number of aromatic nitrogens is 5. The summed E-state index contributed by atoms with van der Waals surface area (Å²) in [6.07, 6.45) is -0.911. The molecular formula is C26H23ClF3N5O2S. The lowest BCUT2D eigenvalue weighted by molar-refractivity contribution is -0.137. The number of halogens is 4. The van der Waals surface area contributed by atoms with E-state index in [1.165, 1.54) is 17.0 Å². The van der Waals surface area contributed by atoms with Crippen LogP contribution < -0.4 is 5.56 Å². The van der Waals surface area contributed by atoms with Gasteiger partial charge in [-0.2, -0.15) is 13.2 Å². The third-order valence-electron chi connectivity index (χ3n) is 6.82. The lowest BCUT2D eigenvalue weighted by atomic mass is 10.1. The predicted octanol–water partition coefficient (Wildman–Crippen LogP) is 6.01.